The number of rotatable bonds is 23. The molecule has 1 unspecified atom stereocenters. The van der Waals surface area contributed by atoms with Crippen LogP contribution in [0.2, 0.25) is 0 Å². The first-order valence-corrected chi connectivity index (χ1v) is 31.3. The van der Waals surface area contributed by atoms with Gasteiger partial charge in [-0.15, -0.1) is 0 Å². The Kier molecular flexibility index (Phi) is 26.6. The first-order chi connectivity index (χ1) is 41.5. The van der Waals surface area contributed by atoms with E-state index in [-0.39, 0.29) is 69.7 Å². The highest BCUT2D eigenvalue weighted by molar-refractivity contribution is 8.76. The number of ether oxygens (including phenoxy) is 1. The number of hydrogen-bond acceptors (Lipinski definition) is 18. The lowest BCUT2D eigenvalue weighted by Crippen LogP contribution is -2.62. The minimum atomic E-state index is -1.75. The third-order valence-electron chi connectivity index (χ3n) is 14.2. The molecule has 0 radical (unpaired) electrons. The van der Waals surface area contributed by atoms with Gasteiger partial charge in [0, 0.05) is 73.2 Å². The van der Waals surface area contributed by atoms with E-state index in [0.717, 1.165) is 55.1 Å². The number of aromatic nitrogens is 1. The molecule has 3 heterocycles. The summed E-state index contributed by atoms with van der Waals surface area (Å²) in [4.78, 5) is 130. The molecule has 27 heteroatoms. The van der Waals surface area contributed by atoms with Gasteiger partial charge in [-0.3, -0.25) is 48.6 Å². The van der Waals surface area contributed by atoms with Gasteiger partial charge in [-0.1, -0.05) is 100 Å². The maximum absolute atomic E-state index is 15.1. The monoisotopic (exact) mass is 1240 g/mol. The minimum Gasteiger partial charge on any atom is -0.444 e. The lowest BCUT2D eigenvalue weighted by molar-refractivity contribution is -0.137. The van der Waals surface area contributed by atoms with Crippen molar-refractivity contribution in [2.75, 3.05) is 37.7 Å². The van der Waals surface area contributed by atoms with Crippen LogP contribution in [-0.4, -0.2) is 194 Å². The van der Waals surface area contributed by atoms with Gasteiger partial charge < -0.3 is 72.7 Å². The number of alkyl carbamates (subject to hydrolysis) is 1. The molecule has 0 spiro atoms. The summed E-state index contributed by atoms with van der Waals surface area (Å²) in [7, 11) is 2.03. The number of amides is 9. The zero-order valence-corrected chi connectivity index (χ0v) is 50.9. The summed E-state index contributed by atoms with van der Waals surface area (Å²) >= 11 is 0. The number of imide groups is 1. The summed E-state index contributed by atoms with van der Waals surface area (Å²) < 4.78 is 5.35. The second kappa shape index (κ2) is 33.7. The van der Waals surface area contributed by atoms with Crippen LogP contribution in [0.3, 0.4) is 0 Å². The van der Waals surface area contributed by atoms with Crippen LogP contribution in [0.1, 0.15) is 70.6 Å². The van der Waals surface area contributed by atoms with E-state index in [1.165, 1.54) is 13.8 Å². The fourth-order valence-electron chi connectivity index (χ4n) is 9.49. The highest BCUT2D eigenvalue weighted by Crippen LogP contribution is 2.25. The fraction of sp³-hybridized carbons (Fsp3) is 0.483. The normalized spacial score (nSPS) is 22.2. The number of benzene rings is 3. The van der Waals surface area contributed by atoms with E-state index in [4.69, 9.17) is 4.74 Å². The van der Waals surface area contributed by atoms with E-state index in [1.807, 2.05) is 48.5 Å². The van der Waals surface area contributed by atoms with Crippen molar-refractivity contribution in [2.24, 2.45) is 0 Å². The molecule has 3 aromatic carbocycles. The van der Waals surface area contributed by atoms with Crippen LogP contribution < -0.4 is 47.9 Å². The number of hydrogen-bond donors (Lipinski definition) is 14. The highest BCUT2D eigenvalue weighted by atomic mass is 33.1. The SMILES string of the molecule is C[C@@H](O)[C@@H]1NC(=O)[C@H](CCCCNC(=O)OC(C)(C)C)NC(=O)[C@@H](Cc2c[nH]c3ccccc23)NC(=O)[C@H](Cc2ccccc2)NC(=O)[C@@H](NC(O)[C@@H](Cc2ccccc2)NCCN2C(=O)C=CC2=O)CSSC[C@@H](C(=O)N[C@H](CO)[C@@H](C)O)NC1=O. The first kappa shape index (κ1) is 68.7. The second-order valence-corrected chi connectivity index (χ2v) is 24.9. The highest BCUT2D eigenvalue weighted by Gasteiger charge is 2.37. The summed E-state index contributed by atoms with van der Waals surface area (Å²) in [5.74, 6) is -6.72. The maximum atomic E-state index is 15.1. The average Bonchev–Trinajstić information content (AvgIpc) is 3.00. The Morgan fingerprint density at radius 3 is 1.93 bits per heavy atom. The van der Waals surface area contributed by atoms with Crippen molar-refractivity contribution in [3.05, 3.63) is 120 Å². The van der Waals surface area contributed by atoms with Crippen molar-refractivity contribution in [1.82, 2.24) is 57.7 Å². The summed E-state index contributed by atoms with van der Waals surface area (Å²) in [6.07, 6.45) is -0.753. The van der Waals surface area contributed by atoms with Crippen LogP contribution in [0, 0.1) is 0 Å². The molecular weight excluding hydrogens is 1160 g/mol. The molecule has 14 N–H and O–H groups in total. The van der Waals surface area contributed by atoms with Crippen molar-refractivity contribution in [3.63, 3.8) is 0 Å². The Hall–Kier alpha value is -7.37. The molecule has 6 rings (SSSR count). The molecule has 1 saturated heterocycles. The van der Waals surface area contributed by atoms with Crippen LogP contribution in [-0.2, 0) is 62.4 Å². The molecule has 0 bridgehead atoms. The summed E-state index contributed by atoms with van der Waals surface area (Å²) in [5, 5.41) is 69.5. The number of carbonyl (C=O) groups is 9. The van der Waals surface area contributed by atoms with E-state index < -0.39 is 132 Å². The largest absolute Gasteiger partial charge is 0.444 e. The summed E-state index contributed by atoms with van der Waals surface area (Å²) in [6, 6.07) is 14.2. The number of carbonyl (C=O) groups excluding carboxylic acids is 9. The predicted octanol–water partition coefficient (Wildman–Crippen LogP) is 0.108. The molecule has 9 amide bonds. The van der Waals surface area contributed by atoms with Gasteiger partial charge in [-0.05, 0) is 83.1 Å². The average molecular weight is 1240 g/mol. The Bertz CT molecular complexity index is 2980. The molecule has 1 fully saturated rings. The van der Waals surface area contributed by atoms with Gasteiger partial charge in [0.15, 0.2) is 0 Å². The van der Waals surface area contributed by atoms with Crippen LogP contribution in [0.25, 0.3) is 10.9 Å². The van der Waals surface area contributed by atoms with E-state index in [9.17, 15) is 49.2 Å². The van der Waals surface area contributed by atoms with Gasteiger partial charge in [0.2, 0.25) is 35.4 Å². The lowest BCUT2D eigenvalue weighted by Gasteiger charge is -2.31. The number of nitrogens with one attached hydrogen (secondary N) is 10. The number of nitrogens with zero attached hydrogens (tertiary/aromatic N) is 1. The molecular formula is C60H81N11O14S2. The Morgan fingerprint density at radius 1 is 0.690 bits per heavy atom. The standard InChI is InChI=1S/C60H81N11O14S2/c1-35(73)46(32-72)67-57(82)48-34-87-86-33-47(68-53(78)43(28-37-16-8-6-9-17-37)61-26-27-71-49(75)23-24-50(71)76)56(81)65-44(29-38-18-10-7-11-19-38)54(79)66-45(30-39-31-63-41-21-13-12-20-40(39)41)55(80)64-42(52(77)70-51(36(2)74)58(83)69-48)22-14-15-25-62-59(84)85-60(3,4)5/h6-13,16-21,23-24,31,35-36,42-48,51,53,61,63,68,72-74,78H,14-15,22,25-30,32-34H2,1-5H3,(H,62,84)(H,64,80)(H,65,81)(H,66,79)(H,67,82)(H,69,83)(H,70,77)/t35-,36-,42+,43-,44+,45-,46-,47+,48+,51+,53?/m1/s1. The van der Waals surface area contributed by atoms with Crippen LogP contribution in [0.4, 0.5) is 4.79 Å². The molecule has 11 atom stereocenters. The molecule has 0 saturated carbocycles. The van der Waals surface area contributed by atoms with E-state index >= 15 is 14.4 Å². The Morgan fingerprint density at radius 2 is 1.29 bits per heavy atom. The van der Waals surface area contributed by atoms with Gasteiger partial charge in [0.1, 0.15) is 42.0 Å². The first-order valence-electron chi connectivity index (χ1n) is 28.8. The zero-order chi connectivity index (χ0) is 63.2. The summed E-state index contributed by atoms with van der Waals surface area (Å²) in [5.41, 5.74) is 1.95. The van der Waals surface area contributed by atoms with Crippen molar-refractivity contribution in [3.8, 4) is 0 Å². The number of aliphatic hydroxyl groups excluding tert-OH is 4. The zero-order valence-electron chi connectivity index (χ0n) is 49.3. The number of para-hydroxylation sites is 1. The molecule has 4 aromatic rings. The van der Waals surface area contributed by atoms with Crippen LogP contribution in [0.15, 0.2) is 103 Å². The molecule has 1 aromatic heterocycles. The molecule has 2 aliphatic rings. The predicted molar refractivity (Wildman–Crippen MR) is 328 cm³/mol. The number of aliphatic hydroxyl groups is 4. The van der Waals surface area contributed by atoms with Gasteiger partial charge in [0.25, 0.3) is 11.8 Å². The third-order valence-corrected chi connectivity index (χ3v) is 16.7. The van der Waals surface area contributed by atoms with Crippen LogP contribution >= 0.6 is 21.6 Å². The number of aromatic amines is 1. The summed E-state index contributed by atoms with van der Waals surface area (Å²) in [6.45, 7) is 7.10. The minimum absolute atomic E-state index is 0.0402. The van der Waals surface area contributed by atoms with Gasteiger partial charge in [-0.25, -0.2) is 4.79 Å². The van der Waals surface area contributed by atoms with Crippen LogP contribution in [0.5, 0.6) is 0 Å². The second-order valence-electron chi connectivity index (χ2n) is 22.3. The van der Waals surface area contributed by atoms with Gasteiger partial charge in [-0.2, -0.15) is 0 Å². The molecule has 2 aliphatic heterocycles. The molecule has 25 nitrogen and oxygen atoms in total. The number of H-pyrrole nitrogens is 1. The van der Waals surface area contributed by atoms with Gasteiger partial charge >= 0.3 is 6.09 Å². The topological polar surface area (TPSA) is 371 Å². The Balaban J connectivity index is 1.39. The van der Waals surface area contributed by atoms with Crippen molar-refractivity contribution < 1.29 is 68.3 Å². The molecule has 87 heavy (non-hydrogen) atoms. The Labute approximate surface area is 512 Å². The fourth-order valence-corrected chi connectivity index (χ4v) is 11.8. The van der Waals surface area contributed by atoms with E-state index in [1.54, 1.807) is 63.4 Å². The van der Waals surface area contributed by atoms with Crippen molar-refractivity contribution in [2.45, 2.75) is 146 Å². The van der Waals surface area contributed by atoms with E-state index in [2.05, 4.69) is 52.8 Å². The number of unbranched alkanes of at least 4 members (excludes halogenated alkanes) is 1. The van der Waals surface area contributed by atoms with Crippen molar-refractivity contribution >= 4 is 85.8 Å². The van der Waals surface area contributed by atoms with Gasteiger partial charge in [0.05, 0.1) is 36.9 Å². The smallest absolute Gasteiger partial charge is 0.407 e. The quantitative estimate of drug-likeness (QED) is 0.0203. The molecule has 0 aliphatic carbocycles. The number of fused-ring (bicyclic) bond motifs is 1. The van der Waals surface area contributed by atoms with E-state index in [0.29, 0.717) is 11.1 Å². The maximum Gasteiger partial charge on any atom is 0.407 e. The molecule has 472 valence electrons. The van der Waals surface area contributed by atoms with Crippen molar-refractivity contribution in [1.29, 1.82) is 0 Å². The lowest BCUT2D eigenvalue weighted by atomic mass is 10.0. The third kappa shape index (κ3) is 21.8.